The Labute approximate surface area is 74.6 Å². The molecule has 0 aromatic rings. The average molecular weight is 181 g/mol. The van der Waals surface area contributed by atoms with Crippen molar-refractivity contribution in [3.05, 3.63) is 0 Å². The summed E-state index contributed by atoms with van der Waals surface area (Å²) in [6, 6.07) is -0.843. The first-order valence-electron chi connectivity index (χ1n) is 3.83. The number of imide groups is 1. The Morgan fingerprint density at radius 2 is 2.08 bits per heavy atom. The fourth-order valence-electron chi connectivity index (χ4n) is 1.40. The quantitative estimate of drug-likeness (QED) is 0.445. The Balaban J connectivity index is 2.41. The van der Waals surface area contributed by atoms with Gasteiger partial charge in [-0.2, -0.15) is 0 Å². The predicted molar refractivity (Wildman–Crippen MR) is 44.2 cm³/mol. The van der Waals surface area contributed by atoms with Gasteiger partial charge in [-0.05, 0) is 4.99 Å². The van der Waals surface area contributed by atoms with Gasteiger partial charge in [0.25, 0.3) is 24.1 Å². The maximum atomic E-state index is 11.5. The van der Waals surface area contributed by atoms with Gasteiger partial charge in [-0.3, -0.25) is 19.6 Å². The molecule has 1 fully saturated rings. The van der Waals surface area contributed by atoms with Crippen molar-refractivity contribution in [3.63, 3.8) is 0 Å². The first-order valence-corrected chi connectivity index (χ1v) is 3.83. The minimum absolute atomic E-state index is 0.268. The number of likely N-dealkylation sites (N-methyl/N-ethyl adjacent to an activating group) is 2. The Hall–Kier alpha value is -1.72. The van der Waals surface area contributed by atoms with Crippen molar-refractivity contribution in [2.75, 3.05) is 14.1 Å². The lowest BCUT2D eigenvalue weighted by Crippen LogP contribution is -2.83. The summed E-state index contributed by atoms with van der Waals surface area (Å²) < 4.78 is 0. The van der Waals surface area contributed by atoms with Crippen LogP contribution in [0, 0.1) is 0 Å². The normalized spacial score (nSPS) is 26.6. The number of hydrogen-bond donors (Lipinski definition) is 1. The molecular formula is C7H9N4O2+. The lowest BCUT2D eigenvalue weighted by molar-refractivity contribution is -0.461. The first kappa shape index (κ1) is 7.90. The van der Waals surface area contributed by atoms with Crippen LogP contribution in [0.1, 0.15) is 0 Å². The van der Waals surface area contributed by atoms with E-state index in [1.807, 2.05) is 0 Å². The average Bonchev–Trinajstić information content (AvgIpc) is 2.59. The van der Waals surface area contributed by atoms with E-state index in [1.54, 1.807) is 7.05 Å². The van der Waals surface area contributed by atoms with Crippen LogP contribution in [0.15, 0.2) is 4.99 Å². The third kappa shape index (κ3) is 0.881. The molecule has 6 nitrogen and oxygen atoms in total. The van der Waals surface area contributed by atoms with Gasteiger partial charge >= 0.3 is 6.03 Å². The second kappa shape index (κ2) is 2.38. The van der Waals surface area contributed by atoms with Crippen LogP contribution in [0.5, 0.6) is 0 Å². The van der Waals surface area contributed by atoms with Gasteiger partial charge in [-0.1, -0.05) is 0 Å². The number of rotatable bonds is 0. The van der Waals surface area contributed by atoms with E-state index in [1.165, 1.54) is 18.3 Å². The van der Waals surface area contributed by atoms with Gasteiger partial charge in [-0.25, -0.2) is 4.79 Å². The van der Waals surface area contributed by atoms with E-state index in [0.29, 0.717) is 5.84 Å². The number of nitrogens with zero attached hydrogens (tertiary/aromatic N) is 3. The summed E-state index contributed by atoms with van der Waals surface area (Å²) in [5, 5.41) is 0. The highest BCUT2D eigenvalue weighted by Crippen LogP contribution is 2.08. The minimum Gasteiger partial charge on any atom is -0.269 e. The summed E-state index contributed by atoms with van der Waals surface area (Å²) in [5.41, 5.74) is 0. The van der Waals surface area contributed by atoms with E-state index in [-0.39, 0.29) is 11.9 Å². The van der Waals surface area contributed by atoms with Crippen molar-refractivity contribution >= 4 is 24.1 Å². The molecule has 1 N–H and O–H groups in total. The summed E-state index contributed by atoms with van der Waals surface area (Å²) in [5.74, 6) is 0.198. The highest BCUT2D eigenvalue weighted by Gasteiger charge is 2.46. The second-order valence-corrected chi connectivity index (χ2v) is 2.95. The molecule has 0 aliphatic carbocycles. The maximum Gasteiger partial charge on any atom is 0.333 e. The van der Waals surface area contributed by atoms with Crippen LogP contribution >= 0.6 is 0 Å². The Bertz CT molecular complexity index is 346. The molecule has 2 heterocycles. The number of carbonyl (C=O) groups is 2. The monoisotopic (exact) mass is 181 g/mol. The topological polar surface area (TPSA) is 67.0 Å². The number of amidine groups is 1. The van der Waals surface area contributed by atoms with E-state index >= 15 is 0 Å². The van der Waals surface area contributed by atoms with E-state index in [0.717, 1.165) is 4.90 Å². The smallest absolute Gasteiger partial charge is 0.269 e. The van der Waals surface area contributed by atoms with Crippen LogP contribution in [-0.2, 0) is 4.79 Å². The number of aliphatic imine (C=N–C) groups is 1. The number of carbonyl (C=O) groups excluding carboxylic acids is 2. The van der Waals surface area contributed by atoms with Crippen LogP contribution in [0.25, 0.3) is 0 Å². The molecule has 3 amide bonds. The fourth-order valence-corrected chi connectivity index (χ4v) is 1.40. The summed E-state index contributed by atoms with van der Waals surface area (Å²) in [4.78, 5) is 32.0. The van der Waals surface area contributed by atoms with Gasteiger partial charge < -0.3 is 0 Å². The molecule has 0 aromatic carbocycles. The number of hydrogen-bond acceptors (Lipinski definition) is 3. The molecule has 0 spiro atoms. The van der Waals surface area contributed by atoms with Crippen LogP contribution in [0.3, 0.4) is 0 Å². The van der Waals surface area contributed by atoms with Crippen molar-refractivity contribution in [1.29, 1.82) is 0 Å². The first-order chi connectivity index (χ1) is 6.13. The summed E-state index contributed by atoms with van der Waals surface area (Å²) in [7, 11) is 3.05. The van der Waals surface area contributed by atoms with Crippen LogP contribution < -0.4 is 4.99 Å². The Morgan fingerprint density at radius 3 is 2.77 bits per heavy atom. The molecule has 2 aliphatic rings. The molecule has 1 atom stereocenters. The number of amides is 3. The van der Waals surface area contributed by atoms with Crippen LogP contribution in [0.2, 0.25) is 0 Å². The standard InChI is InChI=1S/C7H8N4O2/c1-10-5-4(8-3-9-5)6(12)11(2)7(10)13/h3-4H,1-2H3/p+1. The summed E-state index contributed by atoms with van der Waals surface area (Å²) in [6.45, 7) is 0. The zero-order valence-corrected chi connectivity index (χ0v) is 7.31. The number of nitrogens with one attached hydrogen (secondary N) is 1. The van der Waals surface area contributed by atoms with Crippen molar-refractivity contribution in [1.82, 2.24) is 9.80 Å². The molecule has 0 radical (unpaired) electrons. The molecule has 2 rings (SSSR count). The largest absolute Gasteiger partial charge is 0.333 e. The molecular weight excluding hydrogens is 172 g/mol. The number of urea groups is 1. The minimum atomic E-state index is -0.493. The zero-order valence-electron chi connectivity index (χ0n) is 7.31. The molecule has 2 aliphatic heterocycles. The van der Waals surface area contributed by atoms with Gasteiger partial charge in [0, 0.05) is 14.1 Å². The molecule has 68 valence electrons. The third-order valence-electron chi connectivity index (χ3n) is 2.19. The van der Waals surface area contributed by atoms with Gasteiger partial charge in [0.2, 0.25) is 0 Å². The molecule has 0 saturated carbocycles. The van der Waals surface area contributed by atoms with Crippen molar-refractivity contribution in [2.45, 2.75) is 6.04 Å². The second-order valence-electron chi connectivity index (χ2n) is 2.95. The lowest BCUT2D eigenvalue weighted by Gasteiger charge is -2.28. The van der Waals surface area contributed by atoms with Crippen LogP contribution in [0.4, 0.5) is 4.79 Å². The van der Waals surface area contributed by atoms with E-state index < -0.39 is 6.04 Å². The van der Waals surface area contributed by atoms with Gasteiger partial charge in [0.1, 0.15) is 0 Å². The fraction of sp³-hybridized carbons (Fsp3) is 0.429. The van der Waals surface area contributed by atoms with Gasteiger partial charge in [0.15, 0.2) is 0 Å². The maximum absolute atomic E-state index is 11.5. The molecule has 13 heavy (non-hydrogen) atoms. The molecule has 0 bridgehead atoms. The summed E-state index contributed by atoms with van der Waals surface area (Å²) in [6.07, 6.45) is 1.43. The molecule has 0 aromatic heterocycles. The number of fused-ring (bicyclic) bond motifs is 1. The zero-order chi connectivity index (χ0) is 9.59. The van der Waals surface area contributed by atoms with Crippen molar-refractivity contribution in [2.24, 2.45) is 4.99 Å². The van der Waals surface area contributed by atoms with E-state index in [9.17, 15) is 9.59 Å². The Morgan fingerprint density at radius 1 is 1.38 bits per heavy atom. The van der Waals surface area contributed by atoms with Gasteiger partial charge in [-0.15, -0.1) is 0 Å². The van der Waals surface area contributed by atoms with E-state index in [2.05, 4.69) is 9.98 Å². The SMILES string of the molecule is CN1C(=O)C2[NH+]=CN=C2N(C)C1=O. The molecule has 1 saturated heterocycles. The van der Waals surface area contributed by atoms with E-state index in [4.69, 9.17) is 0 Å². The highest BCUT2D eigenvalue weighted by atomic mass is 16.2. The van der Waals surface area contributed by atoms with Crippen LogP contribution in [-0.4, -0.2) is 54.0 Å². The molecule has 6 heteroatoms. The predicted octanol–water partition coefficient (Wildman–Crippen LogP) is -2.60. The Kier molecular flexibility index (Phi) is 1.45. The molecule has 1 unspecified atom stereocenters. The summed E-state index contributed by atoms with van der Waals surface area (Å²) >= 11 is 0. The van der Waals surface area contributed by atoms with Crippen molar-refractivity contribution in [3.8, 4) is 0 Å². The highest BCUT2D eigenvalue weighted by molar-refractivity contribution is 6.21. The lowest BCUT2D eigenvalue weighted by atomic mass is 10.2. The van der Waals surface area contributed by atoms with Gasteiger partial charge in [0.05, 0.1) is 0 Å². The van der Waals surface area contributed by atoms with Crippen molar-refractivity contribution < 1.29 is 14.6 Å². The third-order valence-corrected chi connectivity index (χ3v) is 2.19.